The van der Waals surface area contributed by atoms with Crippen molar-refractivity contribution in [2.45, 2.75) is 13.8 Å². The third kappa shape index (κ3) is 3.46. The lowest BCUT2D eigenvalue weighted by Gasteiger charge is -2.35. The summed E-state index contributed by atoms with van der Waals surface area (Å²) in [5, 5.41) is 0. The van der Waals surface area contributed by atoms with Gasteiger partial charge in [0.1, 0.15) is 5.88 Å². The number of amides is 1. The summed E-state index contributed by atoms with van der Waals surface area (Å²) in [7, 11) is 0. The van der Waals surface area contributed by atoms with Crippen LogP contribution < -0.4 is 0 Å². The Kier molecular flexibility index (Phi) is 4.69. The monoisotopic (exact) mass is 218 g/mol. The Balaban J connectivity index is 2.27. The highest BCUT2D eigenvalue weighted by atomic mass is 35.5. The molecule has 0 aromatic heterocycles. The first-order valence-electron chi connectivity index (χ1n) is 5.19. The van der Waals surface area contributed by atoms with Gasteiger partial charge in [-0.3, -0.25) is 9.69 Å². The van der Waals surface area contributed by atoms with Crippen molar-refractivity contribution in [3.63, 3.8) is 0 Å². The quantitative estimate of drug-likeness (QED) is 0.661. The normalized spacial score (nSPS) is 19.0. The molecule has 1 amide bonds. The summed E-state index contributed by atoms with van der Waals surface area (Å²) in [5.74, 6) is 0.880. The van der Waals surface area contributed by atoms with Crippen molar-refractivity contribution in [1.29, 1.82) is 0 Å². The van der Waals surface area contributed by atoms with Gasteiger partial charge in [-0.25, -0.2) is 0 Å². The maximum Gasteiger partial charge on any atom is 0.237 e. The predicted octanol–water partition coefficient (Wildman–Crippen LogP) is 1.03. The molecule has 1 rings (SSSR count). The van der Waals surface area contributed by atoms with E-state index in [-0.39, 0.29) is 11.8 Å². The van der Waals surface area contributed by atoms with Crippen molar-refractivity contribution in [2.24, 2.45) is 5.92 Å². The Labute approximate surface area is 91.0 Å². The molecule has 0 atom stereocenters. The number of carbonyl (C=O) groups is 1. The fraction of sp³-hybridized carbons (Fsp3) is 0.900. The van der Waals surface area contributed by atoms with Crippen LogP contribution in [0.1, 0.15) is 13.8 Å². The van der Waals surface area contributed by atoms with E-state index in [1.54, 1.807) is 0 Å². The predicted molar refractivity (Wildman–Crippen MR) is 58.6 cm³/mol. The van der Waals surface area contributed by atoms with Crippen LogP contribution in [0.2, 0.25) is 0 Å². The summed E-state index contributed by atoms with van der Waals surface area (Å²) in [6.45, 7) is 9.20. The van der Waals surface area contributed by atoms with E-state index in [2.05, 4.69) is 18.7 Å². The van der Waals surface area contributed by atoms with Gasteiger partial charge in [-0.05, 0) is 5.92 Å². The molecule has 0 aromatic carbocycles. The van der Waals surface area contributed by atoms with E-state index in [9.17, 15) is 4.79 Å². The smallest absolute Gasteiger partial charge is 0.237 e. The molecule has 3 nitrogen and oxygen atoms in total. The average molecular weight is 219 g/mol. The molecule has 1 saturated heterocycles. The second kappa shape index (κ2) is 5.56. The zero-order chi connectivity index (χ0) is 10.6. The molecule has 0 radical (unpaired) electrons. The van der Waals surface area contributed by atoms with Gasteiger partial charge in [0.2, 0.25) is 5.91 Å². The Morgan fingerprint density at radius 1 is 1.29 bits per heavy atom. The number of halogens is 1. The zero-order valence-corrected chi connectivity index (χ0v) is 9.76. The molecule has 0 saturated carbocycles. The number of rotatable bonds is 3. The van der Waals surface area contributed by atoms with Crippen molar-refractivity contribution < 1.29 is 4.79 Å². The summed E-state index contributed by atoms with van der Waals surface area (Å²) in [4.78, 5) is 15.5. The zero-order valence-electron chi connectivity index (χ0n) is 9.00. The summed E-state index contributed by atoms with van der Waals surface area (Å²) < 4.78 is 0. The van der Waals surface area contributed by atoms with Gasteiger partial charge in [0.25, 0.3) is 0 Å². The highest BCUT2D eigenvalue weighted by molar-refractivity contribution is 6.27. The molecule has 14 heavy (non-hydrogen) atoms. The molecular formula is C10H19ClN2O. The largest absolute Gasteiger partial charge is 0.339 e. The molecular weight excluding hydrogens is 200 g/mol. The fourth-order valence-corrected chi connectivity index (χ4v) is 1.95. The van der Waals surface area contributed by atoms with Gasteiger partial charge < -0.3 is 4.90 Å². The SMILES string of the molecule is CC(C)CN1CCN(C(=O)CCl)CC1. The molecule has 1 fully saturated rings. The van der Waals surface area contributed by atoms with E-state index in [0.29, 0.717) is 5.92 Å². The summed E-state index contributed by atoms with van der Waals surface area (Å²) in [5.41, 5.74) is 0. The van der Waals surface area contributed by atoms with Gasteiger partial charge >= 0.3 is 0 Å². The molecule has 0 unspecified atom stereocenters. The van der Waals surface area contributed by atoms with Gasteiger partial charge in [0.05, 0.1) is 0 Å². The molecule has 1 aliphatic rings. The lowest BCUT2D eigenvalue weighted by Crippen LogP contribution is -2.49. The first-order valence-corrected chi connectivity index (χ1v) is 5.73. The van der Waals surface area contributed by atoms with E-state index in [1.807, 2.05) is 4.90 Å². The highest BCUT2D eigenvalue weighted by Crippen LogP contribution is 2.05. The van der Waals surface area contributed by atoms with Gasteiger partial charge in [0.15, 0.2) is 0 Å². The summed E-state index contributed by atoms with van der Waals surface area (Å²) in [6.07, 6.45) is 0. The van der Waals surface area contributed by atoms with E-state index < -0.39 is 0 Å². The van der Waals surface area contributed by atoms with Crippen LogP contribution in [0.5, 0.6) is 0 Å². The molecule has 1 aliphatic heterocycles. The van der Waals surface area contributed by atoms with Gasteiger partial charge in [0, 0.05) is 32.7 Å². The standard InChI is InChI=1S/C10H19ClN2O/c1-9(2)8-12-3-5-13(6-4-12)10(14)7-11/h9H,3-8H2,1-2H3. The molecule has 1 heterocycles. The van der Waals surface area contributed by atoms with Crippen molar-refractivity contribution >= 4 is 17.5 Å². The third-order valence-electron chi connectivity index (χ3n) is 2.46. The number of hydrogen-bond donors (Lipinski definition) is 0. The van der Waals surface area contributed by atoms with Crippen LogP contribution in [0.15, 0.2) is 0 Å². The number of alkyl halides is 1. The molecule has 4 heteroatoms. The Hall–Kier alpha value is -0.280. The molecule has 0 aromatic rings. The van der Waals surface area contributed by atoms with Crippen LogP contribution in [0.25, 0.3) is 0 Å². The highest BCUT2D eigenvalue weighted by Gasteiger charge is 2.20. The minimum atomic E-state index is 0.0656. The van der Waals surface area contributed by atoms with Gasteiger partial charge in [-0.15, -0.1) is 11.6 Å². The Morgan fingerprint density at radius 2 is 1.86 bits per heavy atom. The first kappa shape index (κ1) is 11.8. The number of nitrogens with zero attached hydrogens (tertiary/aromatic N) is 2. The summed E-state index contributed by atoms with van der Waals surface area (Å²) >= 11 is 5.50. The van der Waals surface area contributed by atoms with Crippen molar-refractivity contribution in [3.05, 3.63) is 0 Å². The van der Waals surface area contributed by atoms with Crippen LogP contribution in [-0.2, 0) is 4.79 Å². The fourth-order valence-electron chi connectivity index (χ4n) is 1.78. The minimum Gasteiger partial charge on any atom is -0.339 e. The third-order valence-corrected chi connectivity index (χ3v) is 2.69. The van der Waals surface area contributed by atoms with Crippen LogP contribution >= 0.6 is 11.6 Å². The van der Waals surface area contributed by atoms with Crippen LogP contribution in [0.3, 0.4) is 0 Å². The maximum atomic E-state index is 11.3. The Bertz CT molecular complexity index is 189. The second-order valence-corrected chi connectivity index (χ2v) is 4.48. The maximum absolute atomic E-state index is 11.3. The van der Waals surface area contributed by atoms with Crippen molar-refractivity contribution in [2.75, 3.05) is 38.6 Å². The molecule has 0 aliphatic carbocycles. The average Bonchev–Trinajstić information content (AvgIpc) is 2.17. The van der Waals surface area contributed by atoms with Gasteiger partial charge in [-0.1, -0.05) is 13.8 Å². The Morgan fingerprint density at radius 3 is 2.29 bits per heavy atom. The van der Waals surface area contributed by atoms with Crippen LogP contribution in [0.4, 0.5) is 0 Å². The number of hydrogen-bond acceptors (Lipinski definition) is 2. The topological polar surface area (TPSA) is 23.6 Å². The van der Waals surface area contributed by atoms with E-state index in [4.69, 9.17) is 11.6 Å². The first-order chi connectivity index (χ1) is 6.63. The van der Waals surface area contributed by atoms with E-state index in [0.717, 1.165) is 32.7 Å². The molecule has 0 N–H and O–H groups in total. The molecule has 0 spiro atoms. The van der Waals surface area contributed by atoms with E-state index in [1.165, 1.54) is 0 Å². The number of carbonyl (C=O) groups excluding carboxylic acids is 1. The van der Waals surface area contributed by atoms with Gasteiger partial charge in [-0.2, -0.15) is 0 Å². The van der Waals surface area contributed by atoms with Crippen molar-refractivity contribution in [1.82, 2.24) is 9.80 Å². The second-order valence-electron chi connectivity index (χ2n) is 4.21. The van der Waals surface area contributed by atoms with Crippen molar-refractivity contribution in [3.8, 4) is 0 Å². The van der Waals surface area contributed by atoms with Crippen LogP contribution in [-0.4, -0.2) is 54.3 Å². The number of piperazine rings is 1. The van der Waals surface area contributed by atoms with Crippen LogP contribution in [0, 0.1) is 5.92 Å². The lowest BCUT2D eigenvalue weighted by atomic mass is 10.2. The molecule has 0 bridgehead atoms. The summed E-state index contributed by atoms with van der Waals surface area (Å²) in [6, 6.07) is 0. The minimum absolute atomic E-state index is 0.0656. The van der Waals surface area contributed by atoms with E-state index >= 15 is 0 Å². The molecule has 82 valence electrons. The lowest BCUT2D eigenvalue weighted by molar-refractivity contribution is -0.130.